The Labute approximate surface area is 219 Å². The van der Waals surface area contributed by atoms with Crippen LogP contribution in [0.25, 0.3) is 0 Å². The molecule has 37 heavy (non-hydrogen) atoms. The minimum Gasteiger partial charge on any atom is -0.326 e. The zero-order valence-corrected chi connectivity index (χ0v) is 21.7. The minimum absolute atomic E-state index is 0.0149. The molecule has 1 N–H and O–H groups in total. The van der Waals surface area contributed by atoms with E-state index < -0.39 is 5.25 Å². The van der Waals surface area contributed by atoms with Crippen LogP contribution in [0.4, 0.5) is 10.1 Å². The molecule has 0 bridgehead atoms. The second kappa shape index (κ2) is 10.3. The molecular formula is C29H27FN4O2S. The van der Waals surface area contributed by atoms with Gasteiger partial charge in [0.05, 0.1) is 11.8 Å². The van der Waals surface area contributed by atoms with Crippen molar-refractivity contribution < 1.29 is 14.0 Å². The molecule has 3 aromatic carbocycles. The average Bonchev–Trinajstić information content (AvgIpc) is 3.43. The Bertz CT molecular complexity index is 1400. The molecule has 2 heterocycles. The number of hydrogen-bond donors (Lipinski definition) is 1. The number of nitrogens with one attached hydrogen (secondary N) is 1. The Hall–Kier alpha value is -3.78. The quantitative estimate of drug-likeness (QED) is 0.458. The molecule has 0 aliphatic carbocycles. The lowest BCUT2D eigenvalue weighted by molar-refractivity contribution is -0.121. The Morgan fingerprint density at radius 2 is 1.68 bits per heavy atom. The van der Waals surface area contributed by atoms with E-state index in [9.17, 15) is 14.0 Å². The lowest BCUT2D eigenvalue weighted by Crippen LogP contribution is -2.25. The number of thioether (sulfide) groups is 1. The number of anilines is 1. The second-order valence-electron chi connectivity index (χ2n) is 9.50. The first kappa shape index (κ1) is 24.9. The number of aryl methyl sites for hydroxylation is 3. The molecule has 2 aliphatic heterocycles. The average molecular weight is 515 g/mol. The van der Waals surface area contributed by atoms with Crippen LogP contribution in [-0.4, -0.2) is 33.0 Å². The Balaban J connectivity index is 1.35. The largest absolute Gasteiger partial charge is 0.326 e. The zero-order chi connectivity index (χ0) is 26.1. The molecule has 2 aliphatic rings. The number of hydrogen-bond acceptors (Lipinski definition) is 5. The summed E-state index contributed by atoms with van der Waals surface area (Å²) >= 11 is 1.26. The van der Waals surface area contributed by atoms with E-state index in [0.29, 0.717) is 17.3 Å². The molecule has 0 aromatic heterocycles. The van der Waals surface area contributed by atoms with E-state index in [1.54, 1.807) is 17.1 Å². The number of carbonyl (C=O) groups excluding carboxylic acids is 2. The number of hydrazone groups is 1. The summed E-state index contributed by atoms with van der Waals surface area (Å²) in [7, 11) is 0. The molecule has 2 amide bonds. The van der Waals surface area contributed by atoms with E-state index in [2.05, 4.69) is 10.3 Å². The van der Waals surface area contributed by atoms with E-state index in [-0.39, 0.29) is 30.1 Å². The maximum atomic E-state index is 13.5. The molecule has 3 aromatic rings. The van der Waals surface area contributed by atoms with Gasteiger partial charge in [-0.1, -0.05) is 59.8 Å². The number of amidine groups is 1. The Kier molecular flexibility index (Phi) is 6.93. The van der Waals surface area contributed by atoms with Crippen molar-refractivity contribution in [3.63, 3.8) is 0 Å². The molecular weight excluding hydrogens is 487 g/mol. The van der Waals surface area contributed by atoms with Gasteiger partial charge in [0.1, 0.15) is 11.1 Å². The van der Waals surface area contributed by atoms with Crippen LogP contribution >= 0.6 is 11.8 Å². The molecule has 0 radical (unpaired) electrons. The van der Waals surface area contributed by atoms with Crippen LogP contribution in [0.15, 0.2) is 76.8 Å². The minimum atomic E-state index is -0.621. The van der Waals surface area contributed by atoms with Crippen LogP contribution in [0.5, 0.6) is 0 Å². The summed E-state index contributed by atoms with van der Waals surface area (Å²) in [6, 6.07) is 20.1. The lowest BCUT2D eigenvalue weighted by atomic mass is 9.98. The summed E-state index contributed by atoms with van der Waals surface area (Å²) in [4.78, 5) is 29.9. The zero-order valence-electron chi connectivity index (χ0n) is 20.9. The van der Waals surface area contributed by atoms with Gasteiger partial charge in [-0.15, -0.1) is 0 Å². The Morgan fingerprint density at radius 3 is 2.35 bits per heavy atom. The lowest BCUT2D eigenvalue weighted by Gasteiger charge is -2.23. The highest BCUT2D eigenvalue weighted by Crippen LogP contribution is 2.38. The van der Waals surface area contributed by atoms with Gasteiger partial charge in [0.2, 0.25) is 5.91 Å². The normalized spacial score (nSPS) is 19.1. The first-order valence-corrected chi connectivity index (χ1v) is 13.0. The van der Waals surface area contributed by atoms with E-state index in [1.165, 1.54) is 23.9 Å². The van der Waals surface area contributed by atoms with Crippen LogP contribution < -0.4 is 5.32 Å². The van der Waals surface area contributed by atoms with Crippen LogP contribution in [0.3, 0.4) is 0 Å². The van der Waals surface area contributed by atoms with Crippen LogP contribution in [0, 0.1) is 26.6 Å². The predicted molar refractivity (Wildman–Crippen MR) is 146 cm³/mol. The maximum Gasteiger partial charge on any atom is 0.262 e. The van der Waals surface area contributed by atoms with Crippen LogP contribution in [-0.2, 0) is 9.59 Å². The topological polar surface area (TPSA) is 74.1 Å². The molecule has 6 nitrogen and oxygen atoms in total. The molecule has 0 fully saturated rings. The third-order valence-electron chi connectivity index (χ3n) is 6.35. The van der Waals surface area contributed by atoms with Gasteiger partial charge in [0, 0.05) is 18.5 Å². The maximum absolute atomic E-state index is 13.5. The van der Waals surface area contributed by atoms with E-state index >= 15 is 0 Å². The number of amides is 2. The van der Waals surface area contributed by atoms with E-state index in [0.717, 1.165) is 33.5 Å². The number of carbonyl (C=O) groups is 2. The fourth-order valence-corrected chi connectivity index (χ4v) is 5.64. The first-order chi connectivity index (χ1) is 17.7. The monoisotopic (exact) mass is 514 g/mol. The summed E-state index contributed by atoms with van der Waals surface area (Å²) in [5, 5.41) is 9.33. The molecule has 0 spiro atoms. The summed E-state index contributed by atoms with van der Waals surface area (Å²) in [6.45, 7) is 5.97. The number of aliphatic imine (C=N–C) groups is 1. The second-order valence-corrected chi connectivity index (χ2v) is 10.7. The van der Waals surface area contributed by atoms with Crippen molar-refractivity contribution in [2.75, 3.05) is 5.32 Å². The highest BCUT2D eigenvalue weighted by molar-refractivity contribution is 8.15. The number of halogens is 1. The van der Waals surface area contributed by atoms with Gasteiger partial charge in [-0.05, 0) is 67.3 Å². The molecule has 0 unspecified atom stereocenters. The fraction of sp³-hybridized carbons (Fsp3) is 0.241. The van der Waals surface area contributed by atoms with E-state index in [4.69, 9.17) is 5.10 Å². The molecule has 0 saturated heterocycles. The third-order valence-corrected chi connectivity index (χ3v) is 7.49. The van der Waals surface area contributed by atoms with Gasteiger partial charge in [-0.2, -0.15) is 10.1 Å². The predicted octanol–water partition coefficient (Wildman–Crippen LogP) is 5.93. The van der Waals surface area contributed by atoms with Crippen molar-refractivity contribution in [3.8, 4) is 0 Å². The fourth-order valence-electron chi connectivity index (χ4n) is 4.58. The number of rotatable bonds is 5. The number of nitrogens with zero attached hydrogens (tertiary/aromatic N) is 3. The van der Waals surface area contributed by atoms with Crippen molar-refractivity contribution in [1.82, 2.24) is 5.01 Å². The summed E-state index contributed by atoms with van der Waals surface area (Å²) < 4.78 is 13.5. The molecule has 0 saturated carbocycles. The number of benzene rings is 3. The van der Waals surface area contributed by atoms with Gasteiger partial charge in [0.15, 0.2) is 5.17 Å². The molecule has 188 valence electrons. The van der Waals surface area contributed by atoms with Crippen molar-refractivity contribution in [3.05, 3.63) is 100 Å². The Morgan fingerprint density at radius 1 is 1.00 bits per heavy atom. The van der Waals surface area contributed by atoms with Crippen LogP contribution in [0.1, 0.15) is 46.7 Å². The standard InChI is InChI=1S/C29H27FN4O2S/c1-17-4-6-21(7-5-17)25-15-24(20-8-10-22(30)11-9-20)33-34(25)29-32-28(36)26(37-29)16-27(35)31-23-13-18(2)12-19(3)14-23/h4-14,25-26H,15-16H2,1-3H3,(H,31,35)/t25-,26+/m0/s1. The SMILES string of the molecule is Cc1ccc([C@@H]2CC(c3ccc(F)cc3)=NN2C2=NC(=O)[C@@H](CC(=O)Nc3cc(C)cc(C)c3)S2)cc1. The molecule has 8 heteroatoms. The first-order valence-electron chi connectivity index (χ1n) is 12.1. The van der Waals surface area contributed by atoms with Gasteiger partial charge in [0.25, 0.3) is 5.91 Å². The van der Waals surface area contributed by atoms with E-state index in [1.807, 2.05) is 63.2 Å². The van der Waals surface area contributed by atoms with Gasteiger partial charge >= 0.3 is 0 Å². The highest BCUT2D eigenvalue weighted by atomic mass is 32.2. The summed E-state index contributed by atoms with van der Waals surface area (Å²) in [6.07, 6.45) is 0.599. The summed E-state index contributed by atoms with van der Waals surface area (Å²) in [5.41, 5.74) is 6.62. The highest BCUT2D eigenvalue weighted by Gasteiger charge is 2.39. The van der Waals surface area contributed by atoms with Crippen molar-refractivity contribution in [2.24, 2.45) is 10.1 Å². The van der Waals surface area contributed by atoms with Gasteiger partial charge in [-0.25, -0.2) is 9.40 Å². The van der Waals surface area contributed by atoms with Crippen molar-refractivity contribution >= 4 is 40.1 Å². The van der Waals surface area contributed by atoms with Crippen molar-refractivity contribution in [1.29, 1.82) is 0 Å². The van der Waals surface area contributed by atoms with Crippen molar-refractivity contribution in [2.45, 2.75) is 44.9 Å². The molecule has 2 atom stereocenters. The van der Waals surface area contributed by atoms with Gasteiger partial charge < -0.3 is 5.32 Å². The molecule has 5 rings (SSSR count). The van der Waals surface area contributed by atoms with Crippen LogP contribution in [0.2, 0.25) is 0 Å². The third kappa shape index (κ3) is 5.64. The smallest absolute Gasteiger partial charge is 0.262 e. The summed E-state index contributed by atoms with van der Waals surface area (Å²) in [5.74, 6) is -0.888. The van der Waals surface area contributed by atoms with Gasteiger partial charge in [-0.3, -0.25) is 9.59 Å².